The molecule has 0 aromatic rings. The molecule has 84 heavy (non-hydrogen) atoms. The van der Waals surface area contributed by atoms with Gasteiger partial charge >= 0.3 is 17.9 Å². The Morgan fingerprint density at radius 3 is 1.23 bits per heavy atom. The minimum Gasteiger partial charge on any atom is -0.455 e. The van der Waals surface area contributed by atoms with E-state index >= 15 is 0 Å². The molecule has 1 fully saturated rings. The van der Waals surface area contributed by atoms with Gasteiger partial charge in [0.15, 0.2) is 6.17 Å². The maximum atomic E-state index is 14.2. The number of carbonyl (C=O) groups is 3. The van der Waals surface area contributed by atoms with E-state index in [1.165, 1.54) is 6.08 Å². The van der Waals surface area contributed by atoms with Crippen LogP contribution in [0.2, 0.25) is 0 Å². The van der Waals surface area contributed by atoms with Crippen LogP contribution in [0.1, 0.15) is 176 Å². The Balaban J connectivity index is 0.000000430. The van der Waals surface area contributed by atoms with Crippen LogP contribution in [-0.4, -0.2) is 212 Å². The van der Waals surface area contributed by atoms with E-state index in [1.807, 2.05) is 38.2 Å². The number of rotatable bonds is 49. The number of hydrogen-bond donors (Lipinski definition) is 7. The molecule has 13 atom stereocenters. The second-order valence-corrected chi connectivity index (χ2v) is 22.3. The average molecular weight is 1200 g/mol. The first-order valence-corrected chi connectivity index (χ1v) is 31.4. The number of hydrogen-bond acceptors (Lipinski definition) is 20. The van der Waals surface area contributed by atoms with E-state index in [0.29, 0.717) is 109 Å². The number of alkyl halides is 1. The quantitative estimate of drug-likeness (QED) is 0.0138. The lowest BCUT2D eigenvalue weighted by molar-refractivity contribution is -0.140. The van der Waals surface area contributed by atoms with Gasteiger partial charge in [-0.25, -0.2) is 18.8 Å². The van der Waals surface area contributed by atoms with Crippen molar-refractivity contribution >= 4 is 17.9 Å². The van der Waals surface area contributed by atoms with Gasteiger partial charge < -0.3 is 83.1 Å². The minimum atomic E-state index is -1.75. The molecule has 4 aliphatic heterocycles. The van der Waals surface area contributed by atoms with Crippen LogP contribution < -0.4 is 0 Å². The highest BCUT2D eigenvalue weighted by Gasteiger charge is 2.46. The third-order valence-electron chi connectivity index (χ3n) is 14.0. The Morgan fingerprint density at radius 2 is 0.845 bits per heavy atom. The van der Waals surface area contributed by atoms with Gasteiger partial charge in [-0.1, -0.05) is 104 Å². The highest BCUT2D eigenvalue weighted by molar-refractivity contribution is 5.94. The van der Waals surface area contributed by atoms with E-state index < -0.39 is 61.0 Å². The van der Waals surface area contributed by atoms with Crippen LogP contribution in [0.4, 0.5) is 4.39 Å². The Kier molecular flexibility index (Phi) is 43.7. The van der Waals surface area contributed by atoms with E-state index in [4.69, 9.17) is 47.4 Å². The fourth-order valence-electron chi connectivity index (χ4n) is 9.10. The number of esters is 3. The normalized spacial score (nSPS) is 22.1. The third-order valence-corrected chi connectivity index (χ3v) is 14.0. The van der Waals surface area contributed by atoms with Gasteiger partial charge in [0.1, 0.15) is 24.4 Å². The lowest BCUT2D eigenvalue weighted by Gasteiger charge is -2.16. The molecule has 488 valence electrons. The Labute approximate surface area is 500 Å². The SMILES string of the molecule is CCCCC(O)COCCOCC(O)CCCC/C=C/C1=C[C@H](C)OC1=O.CCCCC(O)COCCOCC(O)CCCCC(O)C([18F])C1=C[C@H](C)OC1=O.CCCCC(O)COCCOCC(O)CCCCC1OC1C1=C[C@H](C)OC1=O. The van der Waals surface area contributed by atoms with Gasteiger partial charge in [-0.05, 0) is 103 Å². The molecule has 10 unspecified atom stereocenters. The summed E-state index contributed by atoms with van der Waals surface area (Å²) in [5.41, 5.74) is 1.17. The summed E-state index contributed by atoms with van der Waals surface area (Å²) < 4.78 is 66.9. The third kappa shape index (κ3) is 37.4. The second kappa shape index (κ2) is 47.8. The second-order valence-electron chi connectivity index (χ2n) is 22.3. The molecule has 21 heteroatoms. The number of carbonyl (C=O) groups excluding carboxylic acids is 3. The summed E-state index contributed by atoms with van der Waals surface area (Å²) in [5, 5.41) is 68.6. The average Bonchev–Trinajstić information content (AvgIpc) is 2.89. The van der Waals surface area contributed by atoms with Gasteiger partial charge in [-0.2, -0.15) is 0 Å². The number of halogens is 1. The molecule has 7 N–H and O–H groups in total. The number of epoxide rings is 1. The molecule has 0 amide bonds. The number of ether oxygens (including phenoxy) is 10. The van der Waals surface area contributed by atoms with Gasteiger partial charge in [0.05, 0.1) is 145 Å². The summed E-state index contributed by atoms with van der Waals surface area (Å²) in [4.78, 5) is 34.5. The maximum absolute atomic E-state index is 14.2. The predicted molar refractivity (Wildman–Crippen MR) is 315 cm³/mol. The monoisotopic (exact) mass is 1200 g/mol. The molecule has 1 saturated heterocycles. The Hall–Kier alpha value is -3.26. The van der Waals surface area contributed by atoms with Gasteiger partial charge in [-0.15, -0.1) is 0 Å². The molecule has 0 aliphatic carbocycles. The van der Waals surface area contributed by atoms with E-state index in [-0.39, 0.29) is 61.6 Å². The summed E-state index contributed by atoms with van der Waals surface area (Å²) in [5.74, 6) is -1.23. The van der Waals surface area contributed by atoms with E-state index in [0.717, 1.165) is 96.3 Å². The summed E-state index contributed by atoms with van der Waals surface area (Å²) in [6.07, 6.45) is 19.2. The first kappa shape index (κ1) is 76.8. The largest absolute Gasteiger partial charge is 0.455 e. The lowest BCUT2D eigenvalue weighted by Crippen LogP contribution is -2.26. The Morgan fingerprint density at radius 1 is 0.476 bits per heavy atom. The van der Waals surface area contributed by atoms with Crippen molar-refractivity contribution in [1.82, 2.24) is 0 Å². The van der Waals surface area contributed by atoms with Crippen molar-refractivity contribution in [2.24, 2.45) is 0 Å². The number of allylic oxidation sites excluding steroid dienone is 1. The van der Waals surface area contributed by atoms with Crippen molar-refractivity contribution in [3.05, 3.63) is 47.1 Å². The van der Waals surface area contributed by atoms with E-state index in [9.17, 15) is 54.5 Å². The first-order chi connectivity index (χ1) is 40.4. The van der Waals surface area contributed by atoms with Gasteiger partial charge in [0.25, 0.3) is 0 Å². The molecule has 0 radical (unpaired) electrons. The zero-order chi connectivity index (χ0) is 61.9. The zero-order valence-electron chi connectivity index (χ0n) is 51.5. The molecular formula is C63H109FO20. The van der Waals surface area contributed by atoms with Crippen LogP contribution in [-0.2, 0) is 61.8 Å². The smallest absolute Gasteiger partial charge is 0.338 e. The lowest BCUT2D eigenvalue weighted by atomic mass is 10.00. The molecule has 0 saturated carbocycles. The standard InChI is InChI=1S/C21H37FO7.C21H36O7.C21H36O6/c1-3-4-7-16(23)13-27-10-11-28-14-17(24)8-5-6-9-19(25)20(22)18-12-15(2)29-21(18)26;1-3-4-7-16(22)13-25-10-11-26-14-17(23)8-5-6-9-19-20(28-19)18-12-15(2)27-21(18)24;1-3-4-10-19(22)15-25-12-13-26-16-20(23)11-8-6-5-7-9-18-14-17(2)27-21(18)24/h12,15-17,19-20,23-25H,3-11,13-14H2,1-2H3;12,15-17,19-20,22-23H,3-11,13-14H2,1-2H3;7,9,14,17,19-20,22-23H,3-6,8,10-13,15-16H2,1-2H3/b;;9-7+/t2*15-,16?,17?,19?,20?;17-,19?,20?/m000/s1/i22-1;;. The first-order valence-electron chi connectivity index (χ1n) is 31.4. The summed E-state index contributed by atoms with van der Waals surface area (Å²) in [7, 11) is 0. The molecule has 4 rings (SSSR count). The number of aliphatic hydroxyl groups is 7. The molecule has 20 nitrogen and oxygen atoms in total. The summed E-state index contributed by atoms with van der Waals surface area (Å²) >= 11 is 0. The minimum absolute atomic E-state index is 0.0994. The number of unbranched alkanes of at least 4 members (excludes halogenated alkanes) is 7. The van der Waals surface area contributed by atoms with Gasteiger partial charge in [0, 0.05) is 0 Å². The molecule has 0 spiro atoms. The van der Waals surface area contributed by atoms with E-state index in [2.05, 4.69) is 20.8 Å². The molecule has 0 aromatic carbocycles. The van der Waals surface area contributed by atoms with Crippen molar-refractivity contribution < 1.29 is 102 Å². The molecule has 0 aromatic heterocycles. The van der Waals surface area contributed by atoms with Crippen molar-refractivity contribution in [2.75, 3.05) is 79.3 Å². The number of cyclic esters (lactones) is 3. The number of aliphatic hydroxyl groups excluding tert-OH is 7. The van der Waals surface area contributed by atoms with Crippen molar-refractivity contribution in [1.29, 1.82) is 0 Å². The topological polar surface area (TPSA) is 288 Å². The van der Waals surface area contributed by atoms with Crippen LogP contribution in [0.3, 0.4) is 0 Å². The van der Waals surface area contributed by atoms with Crippen LogP contribution in [0.25, 0.3) is 0 Å². The summed E-state index contributed by atoms with van der Waals surface area (Å²) in [6.45, 7) is 15.7. The van der Waals surface area contributed by atoms with Gasteiger partial charge in [0.2, 0.25) is 0 Å². The van der Waals surface area contributed by atoms with E-state index in [1.54, 1.807) is 6.92 Å². The molecule has 4 heterocycles. The fourth-order valence-corrected chi connectivity index (χ4v) is 9.10. The zero-order valence-corrected chi connectivity index (χ0v) is 51.5. The Bertz CT molecular complexity index is 1850. The fraction of sp³-hybridized carbons (Fsp3) is 0.825. The molecule has 4 aliphatic rings. The van der Waals surface area contributed by atoms with Crippen LogP contribution in [0.5, 0.6) is 0 Å². The van der Waals surface area contributed by atoms with Crippen molar-refractivity contribution in [3.63, 3.8) is 0 Å². The molecular weight excluding hydrogens is 1090 g/mol. The van der Waals surface area contributed by atoms with Crippen LogP contribution in [0.15, 0.2) is 47.1 Å². The molecule has 0 bridgehead atoms. The van der Waals surface area contributed by atoms with Crippen LogP contribution in [0, 0.1) is 0 Å². The van der Waals surface area contributed by atoms with Gasteiger partial charge in [-0.3, -0.25) is 0 Å². The van der Waals surface area contributed by atoms with Crippen LogP contribution >= 0.6 is 0 Å². The predicted octanol–water partition coefficient (Wildman–Crippen LogP) is 7.11. The highest BCUT2D eigenvalue weighted by Crippen LogP contribution is 2.36. The van der Waals surface area contributed by atoms with Crippen molar-refractivity contribution in [3.8, 4) is 0 Å². The summed E-state index contributed by atoms with van der Waals surface area (Å²) in [6, 6.07) is 0. The van der Waals surface area contributed by atoms with Crippen molar-refractivity contribution in [2.45, 2.75) is 256 Å². The highest BCUT2D eigenvalue weighted by atomic mass is 18.2. The maximum Gasteiger partial charge on any atom is 0.338 e.